The molecule has 1 heterocycles. The van der Waals surface area contributed by atoms with Gasteiger partial charge in [-0.1, -0.05) is 12.1 Å². The second kappa shape index (κ2) is 9.64. The fourth-order valence-electron chi connectivity index (χ4n) is 1.14. The number of benzene rings is 1. The fraction of sp³-hybridized carbons (Fsp3) is 0.200. The number of hydrogen-bond acceptors (Lipinski definition) is 7. The van der Waals surface area contributed by atoms with Gasteiger partial charge in [-0.05, 0) is 17.6 Å². The predicted molar refractivity (Wildman–Crippen MR) is 71.9 cm³/mol. The van der Waals surface area contributed by atoms with Gasteiger partial charge in [-0.25, -0.2) is 0 Å². The quantitative estimate of drug-likeness (QED) is 0.405. The minimum Gasteiger partial charge on any atom is -0.497 e. The molecule has 2 rings (SSSR count). The second-order valence-electron chi connectivity index (χ2n) is 3.72. The molecule has 14 heteroatoms. The summed E-state index contributed by atoms with van der Waals surface area (Å²) < 4.78 is 65.6. The molecule has 1 aromatic carbocycles. The monoisotopic (exact) mass is 415 g/mol. The Balaban J connectivity index is 0.000000751. The molecule has 2 N–H and O–H groups in total. The molecule has 0 unspecified atom stereocenters. The van der Waals surface area contributed by atoms with Gasteiger partial charge < -0.3 is 26.2 Å². The van der Waals surface area contributed by atoms with Gasteiger partial charge in [0.25, 0.3) is 0 Å². The van der Waals surface area contributed by atoms with E-state index in [-0.39, 0.29) is 22.5 Å². The Labute approximate surface area is 146 Å². The van der Waals surface area contributed by atoms with E-state index in [0.29, 0.717) is 5.75 Å². The summed E-state index contributed by atoms with van der Waals surface area (Å²) in [7, 11) is -6.70. The molecular weight excluding hydrogens is 406 g/mol. The molecular formula is C10H10BCuF3N3O5S. The molecule has 8 nitrogen and oxygen atoms in total. The Kier molecular flexibility index (Phi) is 9.00. The number of methoxy groups -OCH3 is 1. The third kappa shape index (κ3) is 6.89. The van der Waals surface area contributed by atoms with E-state index < -0.39 is 22.7 Å². The molecule has 136 valence electrons. The van der Waals surface area contributed by atoms with Gasteiger partial charge in [-0.15, -0.1) is 11.4 Å². The topological polar surface area (TPSA) is 114 Å². The van der Waals surface area contributed by atoms with Crippen molar-refractivity contribution in [1.29, 1.82) is 0 Å². The van der Waals surface area contributed by atoms with E-state index in [9.17, 15) is 26.6 Å². The molecule has 0 saturated carbocycles. The first kappa shape index (κ1) is 22.4. The molecule has 0 bridgehead atoms. The van der Waals surface area contributed by atoms with E-state index in [4.69, 9.17) is 4.74 Å². The maximum absolute atomic E-state index is 12.0. The number of nitrogens with one attached hydrogen (secondary N) is 1. The van der Waals surface area contributed by atoms with E-state index in [2.05, 4.69) is 25.7 Å². The van der Waals surface area contributed by atoms with Crippen molar-refractivity contribution in [2.45, 2.75) is 5.51 Å². The zero-order chi connectivity index (χ0) is 17.5. The number of halogens is 3. The van der Waals surface area contributed by atoms with Crippen LogP contribution in [-0.4, -0.2) is 48.6 Å². The molecule has 1 aromatic heterocycles. The number of alkyl halides is 3. The van der Waals surface area contributed by atoms with Crippen LogP contribution in [0, 0.1) is 6.20 Å². The Bertz CT molecular complexity index is 668. The zero-order valence-corrected chi connectivity index (χ0v) is 13.5. The van der Waals surface area contributed by atoms with Crippen molar-refractivity contribution in [1.82, 2.24) is 15.4 Å². The van der Waals surface area contributed by atoms with Gasteiger partial charge >= 0.3 is 39.8 Å². The molecule has 0 aliphatic rings. The smallest absolute Gasteiger partial charge is 0.497 e. The number of H-pyrrole nitrogens is 1. The van der Waals surface area contributed by atoms with Crippen molar-refractivity contribution in [2.24, 2.45) is 0 Å². The number of hydrogen-bond donors (Lipinski definition) is 2. The van der Waals surface area contributed by atoms with E-state index >= 15 is 0 Å². The Hall–Kier alpha value is -1.60. The van der Waals surface area contributed by atoms with Gasteiger partial charge in [0.2, 0.25) is 0 Å². The summed E-state index contributed by atoms with van der Waals surface area (Å²) in [4.78, 5) is 0. The minimum absolute atomic E-state index is 0. The van der Waals surface area contributed by atoms with Gasteiger partial charge in [0, 0.05) is 0 Å². The first-order valence-electron chi connectivity index (χ1n) is 5.71. The average molecular weight is 416 g/mol. The molecule has 0 amide bonds. The van der Waals surface area contributed by atoms with E-state index in [1.165, 1.54) is 37.6 Å². The second-order valence-corrected chi connectivity index (χ2v) is 5.29. The third-order valence-corrected chi connectivity index (χ3v) is 3.20. The Morgan fingerprint density at radius 3 is 2.21 bits per heavy atom. The number of nitrogens with zero attached hydrogens (tertiary/aromatic N) is 2. The van der Waals surface area contributed by atoms with Crippen LogP contribution in [0.1, 0.15) is 0 Å². The van der Waals surface area contributed by atoms with E-state index in [1.807, 2.05) is 0 Å². The van der Waals surface area contributed by atoms with Crippen molar-refractivity contribution in [3.05, 3.63) is 36.7 Å². The third-order valence-electron chi connectivity index (χ3n) is 2.20. The van der Waals surface area contributed by atoms with Crippen LogP contribution in [0.3, 0.4) is 0 Å². The Morgan fingerprint density at radius 1 is 1.29 bits per heavy atom. The summed E-state index contributed by atoms with van der Waals surface area (Å²) in [6.07, 6.45) is 3.97. The van der Waals surface area contributed by atoms with Crippen molar-refractivity contribution in [3.8, 4) is 5.75 Å². The van der Waals surface area contributed by atoms with Crippen molar-refractivity contribution < 1.29 is 52.5 Å². The summed E-state index contributed by atoms with van der Waals surface area (Å²) in [6.45, 7) is 0. The first-order valence-corrected chi connectivity index (χ1v) is 7.12. The molecule has 0 fully saturated rings. The van der Waals surface area contributed by atoms with Gasteiger partial charge in [0.05, 0.1) is 7.11 Å². The summed E-state index contributed by atoms with van der Waals surface area (Å²) in [5.74, 6) is 0.393. The van der Waals surface area contributed by atoms with Gasteiger partial charge in [-0.2, -0.15) is 21.6 Å². The van der Waals surface area contributed by atoms with Crippen LogP contribution < -0.4 is 10.2 Å². The number of ether oxygens (including phenoxy) is 1. The van der Waals surface area contributed by atoms with Crippen LogP contribution in [-0.2, 0) is 31.3 Å². The first-order chi connectivity index (χ1) is 10.7. The van der Waals surface area contributed by atoms with Gasteiger partial charge in [0.15, 0.2) is 0 Å². The maximum atomic E-state index is 12.0. The number of rotatable bonds is 4. The number of aromatic amines is 1. The molecule has 0 aliphatic carbocycles. The zero-order valence-electron chi connectivity index (χ0n) is 11.8. The number of aromatic nitrogens is 3. The normalized spacial score (nSPS) is 10.9. The summed E-state index contributed by atoms with van der Waals surface area (Å²) in [5.41, 5.74) is -5.73. The van der Waals surface area contributed by atoms with Crippen molar-refractivity contribution in [2.75, 3.05) is 7.11 Å². The molecule has 0 spiro atoms. The van der Waals surface area contributed by atoms with Gasteiger partial charge in [0.1, 0.15) is 5.75 Å². The predicted octanol–water partition coefficient (Wildman–Crippen LogP) is -0.149. The SMILES string of the molecule is COc1ccc(B(O)OS(=O)(=O)C(F)(F)F)cc1.[Cu+].[c-]1c[nH]nn1. The average Bonchev–Trinajstić information content (AvgIpc) is 3.05. The molecule has 0 radical (unpaired) electrons. The summed E-state index contributed by atoms with van der Waals surface area (Å²) >= 11 is 0. The van der Waals surface area contributed by atoms with Crippen LogP contribution in [0.2, 0.25) is 0 Å². The van der Waals surface area contributed by atoms with E-state index in [1.54, 1.807) is 0 Å². The molecule has 0 atom stereocenters. The fourth-order valence-corrected chi connectivity index (χ4v) is 1.60. The summed E-state index contributed by atoms with van der Waals surface area (Å²) in [5, 5.41) is 18.3. The van der Waals surface area contributed by atoms with Crippen LogP contribution in [0.15, 0.2) is 30.5 Å². The molecule has 2 aromatic rings. The van der Waals surface area contributed by atoms with Crippen LogP contribution in [0.5, 0.6) is 5.75 Å². The van der Waals surface area contributed by atoms with Crippen molar-refractivity contribution >= 4 is 22.7 Å². The van der Waals surface area contributed by atoms with Crippen LogP contribution in [0.25, 0.3) is 0 Å². The molecule has 24 heavy (non-hydrogen) atoms. The van der Waals surface area contributed by atoms with Gasteiger partial charge in [-0.3, -0.25) is 4.10 Å². The largest absolute Gasteiger partial charge is 1.00 e. The summed E-state index contributed by atoms with van der Waals surface area (Å²) in [6, 6.07) is 5.02. The van der Waals surface area contributed by atoms with Crippen LogP contribution in [0.4, 0.5) is 13.2 Å². The Morgan fingerprint density at radius 2 is 1.88 bits per heavy atom. The van der Waals surface area contributed by atoms with Crippen LogP contribution >= 0.6 is 0 Å². The standard InChI is InChI=1S/C8H8BF3O5S.C2H2N3.Cu/c1-16-7-4-2-6(3-5-7)9(13)17-18(14,15)8(10,11)12;1-2-4-5-3-1;/h2-5,13H,1H3;1H,(H,3,4,5);/q;-1;+1. The van der Waals surface area contributed by atoms with E-state index in [0.717, 1.165) is 0 Å². The minimum atomic E-state index is -5.84. The van der Waals surface area contributed by atoms with Crippen molar-refractivity contribution in [3.63, 3.8) is 0 Å². The maximum Gasteiger partial charge on any atom is 1.00 e. The molecule has 0 aliphatic heterocycles. The molecule has 0 saturated heterocycles.